The highest BCUT2D eigenvalue weighted by molar-refractivity contribution is 7.80. The molecule has 3 rings (SSSR count). The molecule has 0 aliphatic rings. The van der Waals surface area contributed by atoms with E-state index in [4.69, 9.17) is 35.4 Å². The highest BCUT2D eigenvalue weighted by Gasteiger charge is 2.08. The lowest BCUT2D eigenvalue weighted by Gasteiger charge is -2.09. The van der Waals surface area contributed by atoms with Gasteiger partial charge in [0.25, 0.3) is 0 Å². The van der Waals surface area contributed by atoms with Gasteiger partial charge in [0.1, 0.15) is 0 Å². The first-order valence-electron chi connectivity index (χ1n) is 6.83. The summed E-state index contributed by atoms with van der Waals surface area (Å²) < 4.78 is 1.13. The third-order valence-corrected chi connectivity index (χ3v) is 5.09. The van der Waals surface area contributed by atoms with Gasteiger partial charge in [0, 0.05) is 5.02 Å². The monoisotopic (exact) mass is 381 g/mol. The highest BCUT2D eigenvalue weighted by atomic mass is 35.5. The van der Waals surface area contributed by atoms with Crippen LogP contribution in [0.25, 0.3) is 10.2 Å². The third kappa shape index (κ3) is 3.75. The molecule has 2 N–H and O–H groups in total. The number of thiazole rings is 1. The van der Waals surface area contributed by atoms with E-state index >= 15 is 0 Å². The number of hydrogen-bond donors (Lipinski definition) is 2. The van der Waals surface area contributed by atoms with Gasteiger partial charge in [-0.25, -0.2) is 4.98 Å². The molecule has 1 heterocycles. The van der Waals surface area contributed by atoms with Crippen LogP contribution in [-0.4, -0.2) is 10.1 Å². The molecule has 118 valence electrons. The van der Waals surface area contributed by atoms with Gasteiger partial charge >= 0.3 is 0 Å². The van der Waals surface area contributed by atoms with Crippen molar-refractivity contribution in [2.75, 3.05) is 10.6 Å². The maximum Gasteiger partial charge on any atom is 0.190 e. The summed E-state index contributed by atoms with van der Waals surface area (Å²) >= 11 is 18.9. The lowest BCUT2D eigenvalue weighted by atomic mass is 10.1. The minimum absolute atomic E-state index is 0.432. The lowest BCUT2D eigenvalue weighted by Crippen LogP contribution is -2.19. The first-order valence-corrected chi connectivity index (χ1v) is 8.81. The van der Waals surface area contributed by atoms with E-state index in [0.717, 1.165) is 15.3 Å². The quantitative estimate of drug-likeness (QED) is 0.531. The van der Waals surface area contributed by atoms with E-state index in [1.54, 1.807) is 29.5 Å². The van der Waals surface area contributed by atoms with Crippen LogP contribution in [0.2, 0.25) is 10.0 Å². The molecule has 0 bridgehead atoms. The Hall–Kier alpha value is -1.40. The van der Waals surface area contributed by atoms with Crippen molar-refractivity contribution in [3.8, 4) is 0 Å². The summed E-state index contributed by atoms with van der Waals surface area (Å²) in [6, 6.07) is 9.42. The number of fused-ring (bicyclic) bond motifs is 1. The Morgan fingerprint density at radius 3 is 2.57 bits per heavy atom. The summed E-state index contributed by atoms with van der Waals surface area (Å²) in [4.78, 5) is 4.56. The van der Waals surface area contributed by atoms with Crippen molar-refractivity contribution in [1.82, 2.24) is 4.98 Å². The Bertz CT molecular complexity index is 867. The van der Waals surface area contributed by atoms with E-state index in [0.29, 0.717) is 20.8 Å². The van der Waals surface area contributed by atoms with E-state index in [9.17, 15) is 0 Å². The molecule has 0 aliphatic heterocycles. The van der Waals surface area contributed by atoms with Crippen LogP contribution in [0.1, 0.15) is 11.1 Å². The first kappa shape index (κ1) is 16.5. The predicted molar refractivity (Wildman–Crippen MR) is 105 cm³/mol. The highest BCUT2D eigenvalue weighted by Crippen LogP contribution is 2.29. The molecule has 0 radical (unpaired) electrons. The fourth-order valence-electron chi connectivity index (χ4n) is 2.07. The maximum absolute atomic E-state index is 6.13. The zero-order chi connectivity index (χ0) is 16.6. The van der Waals surface area contributed by atoms with E-state index in [2.05, 4.69) is 41.6 Å². The van der Waals surface area contributed by atoms with Crippen molar-refractivity contribution in [1.29, 1.82) is 0 Å². The molecule has 7 heteroatoms. The van der Waals surface area contributed by atoms with Gasteiger partial charge in [-0.2, -0.15) is 0 Å². The summed E-state index contributed by atoms with van der Waals surface area (Å²) in [7, 11) is 0. The van der Waals surface area contributed by atoms with Crippen LogP contribution in [0.4, 0.5) is 10.8 Å². The molecule has 0 saturated heterocycles. The first-order chi connectivity index (χ1) is 10.9. The summed E-state index contributed by atoms with van der Waals surface area (Å²) in [6.45, 7) is 4.17. The fourth-order valence-corrected chi connectivity index (χ4v) is 3.75. The van der Waals surface area contributed by atoms with Gasteiger partial charge in [-0.3, -0.25) is 0 Å². The third-order valence-electron chi connectivity index (χ3n) is 3.40. The molecule has 0 atom stereocenters. The molecule has 1 aromatic heterocycles. The van der Waals surface area contributed by atoms with Crippen LogP contribution >= 0.6 is 46.8 Å². The lowest BCUT2D eigenvalue weighted by molar-refractivity contribution is 1.35. The number of thiocarbonyl (C=S) groups is 1. The summed E-state index contributed by atoms with van der Waals surface area (Å²) in [5.74, 6) is 0. The van der Waals surface area contributed by atoms with Gasteiger partial charge in [0.15, 0.2) is 10.2 Å². The smallest absolute Gasteiger partial charge is 0.190 e. The van der Waals surface area contributed by atoms with Crippen LogP contribution in [0.15, 0.2) is 30.3 Å². The second kappa shape index (κ2) is 6.61. The molecular formula is C16H13Cl2N3S2. The molecule has 3 aromatic rings. The van der Waals surface area contributed by atoms with Gasteiger partial charge in [0.05, 0.1) is 20.9 Å². The topological polar surface area (TPSA) is 37.0 Å². The molecule has 2 aromatic carbocycles. The van der Waals surface area contributed by atoms with Gasteiger partial charge in [0.2, 0.25) is 0 Å². The van der Waals surface area contributed by atoms with Gasteiger partial charge in [-0.15, -0.1) is 0 Å². The molecule has 0 amide bonds. The van der Waals surface area contributed by atoms with Crippen LogP contribution in [0.3, 0.4) is 0 Å². The molecule has 0 unspecified atom stereocenters. The molecule has 0 fully saturated rings. The minimum atomic E-state index is 0.432. The van der Waals surface area contributed by atoms with E-state index in [-0.39, 0.29) is 0 Å². The second-order valence-corrected chi connectivity index (χ2v) is 7.41. The van der Waals surface area contributed by atoms with Crippen molar-refractivity contribution in [2.45, 2.75) is 13.8 Å². The number of benzene rings is 2. The van der Waals surface area contributed by atoms with Crippen LogP contribution in [0.5, 0.6) is 0 Å². The Balaban J connectivity index is 1.77. The fraction of sp³-hybridized carbons (Fsp3) is 0.125. The number of anilines is 2. The predicted octanol–water partition coefficient (Wildman–Crippen LogP) is 6.03. The van der Waals surface area contributed by atoms with Gasteiger partial charge < -0.3 is 10.6 Å². The average molecular weight is 382 g/mol. The number of hydrogen-bond acceptors (Lipinski definition) is 3. The number of halogens is 2. The number of rotatable bonds is 2. The Labute approximate surface area is 153 Å². The van der Waals surface area contributed by atoms with Crippen LogP contribution < -0.4 is 10.6 Å². The molecule has 3 nitrogen and oxygen atoms in total. The summed E-state index contributed by atoms with van der Waals surface area (Å²) in [5, 5.41) is 8.41. The molecule has 0 spiro atoms. The normalized spacial score (nSPS) is 10.8. The largest absolute Gasteiger partial charge is 0.331 e. The van der Waals surface area contributed by atoms with Gasteiger partial charge in [-0.05, 0) is 67.5 Å². The van der Waals surface area contributed by atoms with E-state index in [1.165, 1.54) is 11.1 Å². The summed E-state index contributed by atoms with van der Waals surface area (Å²) in [6.07, 6.45) is 0. The van der Waals surface area contributed by atoms with Gasteiger partial charge in [-0.1, -0.05) is 34.5 Å². The molecule has 0 aliphatic carbocycles. The molecule has 0 saturated carbocycles. The Kier molecular flexibility index (Phi) is 4.73. The Morgan fingerprint density at radius 2 is 1.83 bits per heavy atom. The van der Waals surface area contributed by atoms with Crippen LogP contribution in [-0.2, 0) is 0 Å². The van der Waals surface area contributed by atoms with E-state index < -0.39 is 0 Å². The number of nitrogens with one attached hydrogen (secondary N) is 2. The summed E-state index contributed by atoms with van der Waals surface area (Å²) in [5.41, 5.74) is 4.14. The van der Waals surface area contributed by atoms with Crippen LogP contribution in [0, 0.1) is 13.8 Å². The van der Waals surface area contributed by atoms with Crippen molar-refractivity contribution in [2.24, 2.45) is 0 Å². The number of aromatic nitrogens is 1. The average Bonchev–Trinajstić information content (AvgIpc) is 2.83. The van der Waals surface area contributed by atoms with Crippen molar-refractivity contribution >= 4 is 72.9 Å². The van der Waals surface area contributed by atoms with Crippen molar-refractivity contribution in [3.63, 3.8) is 0 Å². The maximum atomic E-state index is 6.13. The standard InChI is InChI=1S/C16H13Cl2N3S2/c1-8-5-13-14(6-9(8)2)23-16(20-13)21-15(22)19-12-4-3-10(17)7-11(12)18/h3-7H,1-2H3,(H2,19,20,21,22). The van der Waals surface area contributed by atoms with E-state index in [1.807, 2.05) is 0 Å². The van der Waals surface area contributed by atoms with Crippen molar-refractivity contribution in [3.05, 3.63) is 51.5 Å². The zero-order valence-corrected chi connectivity index (χ0v) is 15.6. The zero-order valence-electron chi connectivity index (χ0n) is 12.4. The number of aryl methyl sites for hydroxylation is 2. The SMILES string of the molecule is Cc1cc2nc(NC(=S)Nc3ccc(Cl)cc3Cl)sc2cc1C. The van der Waals surface area contributed by atoms with Crippen molar-refractivity contribution < 1.29 is 0 Å². The molecular weight excluding hydrogens is 369 g/mol. The molecule has 23 heavy (non-hydrogen) atoms. The second-order valence-electron chi connectivity index (χ2n) is 5.13. The number of nitrogens with zero attached hydrogens (tertiary/aromatic N) is 1. The minimum Gasteiger partial charge on any atom is -0.331 e. The Morgan fingerprint density at radius 1 is 1.09 bits per heavy atom.